The van der Waals surface area contributed by atoms with E-state index >= 15 is 0 Å². The summed E-state index contributed by atoms with van der Waals surface area (Å²) in [5.41, 5.74) is 0.761. The molecule has 0 spiro atoms. The van der Waals surface area contributed by atoms with Gasteiger partial charge in [0.25, 0.3) is 5.56 Å². The third-order valence-corrected chi connectivity index (χ3v) is 6.59. The molecule has 0 aliphatic carbocycles. The Labute approximate surface area is 157 Å². The largest absolute Gasteiger partial charge is 0.353 e. The van der Waals surface area contributed by atoms with Crippen LogP contribution in [0.1, 0.15) is 20.8 Å². The van der Waals surface area contributed by atoms with Crippen LogP contribution in [-0.4, -0.2) is 27.7 Å². The lowest BCUT2D eigenvalue weighted by Gasteiger charge is -2.16. The second kappa shape index (κ2) is 7.72. The molecule has 8 heteroatoms. The van der Waals surface area contributed by atoms with Crippen LogP contribution in [0.2, 0.25) is 0 Å². The fraction of sp³-hybridized carbons (Fsp3) is 0.353. The average molecular weight is 394 g/mol. The number of aromatic amines is 1. The van der Waals surface area contributed by atoms with Gasteiger partial charge in [0.15, 0.2) is 5.16 Å². The number of carbonyl (C=O) groups is 1. The highest BCUT2D eigenvalue weighted by molar-refractivity contribution is 7.99. The smallest absolute Gasteiger partial charge is 0.260 e. The number of nitrogens with one attached hydrogen (secondary N) is 2. The van der Waals surface area contributed by atoms with Gasteiger partial charge >= 0.3 is 0 Å². The lowest BCUT2D eigenvalue weighted by atomic mass is 10.1. The maximum atomic E-state index is 12.5. The monoisotopic (exact) mass is 393 g/mol. The van der Waals surface area contributed by atoms with E-state index in [-0.39, 0.29) is 23.3 Å². The predicted molar refractivity (Wildman–Crippen MR) is 107 cm³/mol. The van der Waals surface area contributed by atoms with Crippen molar-refractivity contribution >= 4 is 50.6 Å². The van der Waals surface area contributed by atoms with E-state index in [9.17, 15) is 9.59 Å². The first-order valence-electron chi connectivity index (χ1n) is 7.93. The van der Waals surface area contributed by atoms with Crippen LogP contribution in [0.4, 0.5) is 0 Å². The molecule has 3 aromatic heterocycles. The first-order valence-corrected chi connectivity index (χ1v) is 10.7. The van der Waals surface area contributed by atoms with Gasteiger partial charge in [0.05, 0.1) is 11.1 Å². The Kier molecular flexibility index (Phi) is 5.61. The molecule has 3 heterocycles. The van der Waals surface area contributed by atoms with E-state index in [2.05, 4.69) is 29.1 Å². The summed E-state index contributed by atoms with van der Waals surface area (Å²) in [4.78, 5) is 33.5. The van der Waals surface area contributed by atoms with E-state index in [1.165, 1.54) is 23.1 Å². The number of carbonyl (C=O) groups excluding carboxylic acids is 1. The highest BCUT2D eigenvalue weighted by atomic mass is 32.2. The highest BCUT2D eigenvalue weighted by Crippen LogP contribution is 2.33. The number of H-pyrrole nitrogens is 1. The Hall–Kier alpha value is -1.64. The normalized spacial score (nSPS) is 12.6. The van der Waals surface area contributed by atoms with Gasteiger partial charge in [0.1, 0.15) is 4.83 Å². The van der Waals surface area contributed by atoms with Gasteiger partial charge in [-0.2, -0.15) is 0 Å². The van der Waals surface area contributed by atoms with Gasteiger partial charge in [0, 0.05) is 21.9 Å². The first kappa shape index (κ1) is 18.2. The van der Waals surface area contributed by atoms with Crippen molar-refractivity contribution in [3.05, 3.63) is 33.2 Å². The Morgan fingerprint density at radius 2 is 2.16 bits per heavy atom. The molecule has 2 N–H and O–H groups in total. The Balaban J connectivity index is 1.76. The van der Waals surface area contributed by atoms with E-state index in [4.69, 9.17) is 0 Å². The molecule has 1 amide bonds. The predicted octanol–water partition coefficient (Wildman–Crippen LogP) is 3.97. The molecular weight excluding hydrogens is 374 g/mol. The van der Waals surface area contributed by atoms with Gasteiger partial charge < -0.3 is 10.3 Å². The third kappa shape index (κ3) is 4.13. The molecule has 3 rings (SSSR count). The van der Waals surface area contributed by atoms with Crippen LogP contribution in [-0.2, 0) is 4.79 Å². The zero-order valence-corrected chi connectivity index (χ0v) is 16.6. The zero-order valence-electron chi connectivity index (χ0n) is 14.2. The summed E-state index contributed by atoms with van der Waals surface area (Å²) in [6.45, 7) is 6.11. The molecule has 25 heavy (non-hydrogen) atoms. The van der Waals surface area contributed by atoms with Crippen LogP contribution in [0.5, 0.6) is 0 Å². The van der Waals surface area contributed by atoms with Crippen molar-refractivity contribution in [1.29, 1.82) is 0 Å². The van der Waals surface area contributed by atoms with Crippen LogP contribution < -0.4 is 10.9 Å². The number of thioether (sulfide) groups is 1. The van der Waals surface area contributed by atoms with Gasteiger partial charge in [-0.1, -0.05) is 31.7 Å². The van der Waals surface area contributed by atoms with Crippen molar-refractivity contribution in [2.24, 2.45) is 5.92 Å². The third-order valence-electron chi connectivity index (χ3n) is 3.94. The summed E-state index contributed by atoms with van der Waals surface area (Å²) >= 11 is 4.30. The Morgan fingerprint density at radius 3 is 2.84 bits per heavy atom. The topological polar surface area (TPSA) is 74.8 Å². The van der Waals surface area contributed by atoms with E-state index in [1.54, 1.807) is 11.3 Å². The van der Waals surface area contributed by atoms with Gasteiger partial charge in [0.2, 0.25) is 5.91 Å². The number of amides is 1. The number of nitrogens with zero attached hydrogens (tertiary/aromatic N) is 1. The van der Waals surface area contributed by atoms with Gasteiger partial charge in [-0.25, -0.2) is 4.98 Å². The number of fused-ring (bicyclic) bond motifs is 1. The van der Waals surface area contributed by atoms with Crippen LogP contribution in [0.15, 0.2) is 32.8 Å². The minimum atomic E-state index is -0.159. The van der Waals surface area contributed by atoms with Gasteiger partial charge in [-0.3, -0.25) is 9.59 Å². The maximum absolute atomic E-state index is 12.5. The van der Waals surface area contributed by atoms with E-state index in [0.29, 0.717) is 21.3 Å². The highest BCUT2D eigenvalue weighted by Gasteiger charge is 2.15. The summed E-state index contributed by atoms with van der Waals surface area (Å²) in [5.74, 6) is 0.554. The molecule has 0 saturated carbocycles. The van der Waals surface area contributed by atoms with Crippen molar-refractivity contribution in [3.8, 4) is 10.4 Å². The molecule has 0 aliphatic rings. The van der Waals surface area contributed by atoms with E-state index in [0.717, 1.165) is 10.4 Å². The summed E-state index contributed by atoms with van der Waals surface area (Å²) in [6.07, 6.45) is 0. The fourth-order valence-electron chi connectivity index (χ4n) is 2.21. The molecule has 0 aromatic carbocycles. The lowest BCUT2D eigenvalue weighted by Crippen LogP contribution is -2.37. The zero-order chi connectivity index (χ0) is 18.0. The SMILES string of the molecule is CC(C)[C@@H](C)NC(=O)CSc1nc2scc(-c3cccs3)c2c(=O)[nH]1. The first-order chi connectivity index (χ1) is 12.0. The second-order valence-corrected chi connectivity index (χ2v) is 8.84. The molecule has 5 nitrogen and oxygen atoms in total. The number of rotatable bonds is 6. The van der Waals surface area contributed by atoms with Crippen molar-refractivity contribution < 1.29 is 4.79 Å². The average Bonchev–Trinajstić information content (AvgIpc) is 3.21. The molecular formula is C17H19N3O2S3. The lowest BCUT2D eigenvalue weighted by molar-refractivity contribution is -0.119. The minimum Gasteiger partial charge on any atom is -0.353 e. The molecule has 0 saturated heterocycles. The summed E-state index contributed by atoms with van der Waals surface area (Å²) in [5, 5.41) is 7.99. The standard InChI is InChI=1S/C17H19N3O2S3/c1-9(2)10(3)18-13(21)8-25-17-19-15(22)14-11(7-24-16(14)20-17)12-5-4-6-23-12/h4-7,9-10H,8H2,1-3H3,(H,18,21)(H,19,20,22)/t10-/m1/s1. The summed E-state index contributed by atoms with van der Waals surface area (Å²) in [6, 6.07) is 4.08. The summed E-state index contributed by atoms with van der Waals surface area (Å²) < 4.78 is 0. The van der Waals surface area contributed by atoms with Crippen molar-refractivity contribution in [2.75, 3.05) is 5.75 Å². The Morgan fingerprint density at radius 1 is 1.36 bits per heavy atom. The molecule has 1 atom stereocenters. The van der Waals surface area contributed by atoms with Crippen molar-refractivity contribution in [1.82, 2.24) is 15.3 Å². The Bertz CT molecular complexity index is 928. The maximum Gasteiger partial charge on any atom is 0.260 e. The van der Waals surface area contributed by atoms with Crippen LogP contribution in [0.3, 0.4) is 0 Å². The van der Waals surface area contributed by atoms with Crippen molar-refractivity contribution in [2.45, 2.75) is 32.0 Å². The molecule has 0 bridgehead atoms. The fourth-order valence-corrected chi connectivity index (χ4v) is 4.70. The summed E-state index contributed by atoms with van der Waals surface area (Å²) in [7, 11) is 0. The van der Waals surface area contributed by atoms with Crippen LogP contribution in [0, 0.1) is 5.92 Å². The molecule has 0 unspecified atom stereocenters. The van der Waals surface area contributed by atoms with Crippen molar-refractivity contribution in [3.63, 3.8) is 0 Å². The molecule has 3 aromatic rings. The van der Waals surface area contributed by atoms with Gasteiger partial charge in [-0.15, -0.1) is 22.7 Å². The quantitative estimate of drug-likeness (QED) is 0.491. The number of aromatic nitrogens is 2. The number of hydrogen-bond acceptors (Lipinski definition) is 6. The van der Waals surface area contributed by atoms with E-state index < -0.39 is 0 Å². The molecule has 0 fully saturated rings. The molecule has 0 aliphatic heterocycles. The number of thiophene rings is 2. The molecule has 132 valence electrons. The van der Waals surface area contributed by atoms with Crippen LogP contribution in [0.25, 0.3) is 20.7 Å². The molecule has 0 radical (unpaired) electrons. The number of hydrogen-bond donors (Lipinski definition) is 2. The van der Waals surface area contributed by atoms with E-state index in [1.807, 2.05) is 29.8 Å². The minimum absolute atomic E-state index is 0.0561. The second-order valence-electron chi connectivity index (χ2n) is 6.07. The van der Waals surface area contributed by atoms with Crippen LogP contribution >= 0.6 is 34.4 Å². The van der Waals surface area contributed by atoms with Gasteiger partial charge in [-0.05, 0) is 24.3 Å².